The van der Waals surface area contributed by atoms with Gasteiger partial charge < -0.3 is 15.5 Å². The van der Waals surface area contributed by atoms with Crippen LogP contribution in [0.2, 0.25) is 0 Å². The molecule has 166 valence electrons. The summed E-state index contributed by atoms with van der Waals surface area (Å²) >= 11 is 0. The predicted molar refractivity (Wildman–Crippen MR) is 124 cm³/mol. The Balaban J connectivity index is 1.31. The quantitative estimate of drug-likeness (QED) is 0.598. The fourth-order valence-corrected chi connectivity index (χ4v) is 4.04. The van der Waals surface area contributed by atoms with Crippen molar-refractivity contribution in [2.24, 2.45) is 5.92 Å². The maximum atomic E-state index is 12.7. The lowest BCUT2D eigenvalue weighted by molar-refractivity contribution is -0.114. The van der Waals surface area contributed by atoms with Crippen molar-refractivity contribution in [1.82, 2.24) is 20.1 Å². The van der Waals surface area contributed by atoms with Crippen molar-refractivity contribution < 1.29 is 9.59 Å². The molecule has 0 aliphatic carbocycles. The van der Waals surface area contributed by atoms with Crippen molar-refractivity contribution in [3.63, 3.8) is 0 Å². The number of nitrogens with one attached hydrogen (secondary N) is 2. The highest BCUT2D eigenvalue weighted by Gasteiger charge is 2.20. The van der Waals surface area contributed by atoms with Crippen molar-refractivity contribution in [2.45, 2.75) is 26.2 Å². The van der Waals surface area contributed by atoms with Crippen LogP contribution in [0.1, 0.15) is 36.7 Å². The van der Waals surface area contributed by atoms with Gasteiger partial charge >= 0.3 is 0 Å². The minimum atomic E-state index is -0.236. The summed E-state index contributed by atoms with van der Waals surface area (Å²) in [5.41, 5.74) is 2.28. The number of amides is 2. The Hall–Kier alpha value is -3.68. The van der Waals surface area contributed by atoms with E-state index in [2.05, 4.69) is 25.6 Å². The summed E-state index contributed by atoms with van der Waals surface area (Å²) in [5.74, 6) is 0.607. The third-order valence-corrected chi connectivity index (χ3v) is 5.73. The smallest absolute Gasteiger partial charge is 0.271 e. The normalized spacial score (nSPS) is 14.2. The van der Waals surface area contributed by atoms with Gasteiger partial charge in [-0.25, -0.2) is 4.68 Å². The number of para-hydroxylation sites is 1. The van der Waals surface area contributed by atoms with Gasteiger partial charge in [-0.15, -0.1) is 0 Å². The molecule has 1 aliphatic heterocycles. The fraction of sp³-hybridized carbons (Fsp3) is 0.333. The number of carbonyl (C=O) groups excluding carboxylic acids is 2. The number of carbonyl (C=O) groups is 2. The monoisotopic (exact) mass is 432 g/mol. The third kappa shape index (κ3) is 5.32. The van der Waals surface area contributed by atoms with Crippen molar-refractivity contribution in [2.75, 3.05) is 29.9 Å². The van der Waals surface area contributed by atoms with E-state index in [0.29, 0.717) is 18.3 Å². The van der Waals surface area contributed by atoms with Crippen LogP contribution in [0.3, 0.4) is 0 Å². The number of anilines is 2. The molecule has 32 heavy (non-hydrogen) atoms. The van der Waals surface area contributed by atoms with Gasteiger partial charge in [-0.05, 0) is 49.4 Å². The van der Waals surface area contributed by atoms with Gasteiger partial charge in [0, 0.05) is 50.7 Å². The van der Waals surface area contributed by atoms with Crippen molar-refractivity contribution in [3.05, 3.63) is 66.6 Å². The lowest BCUT2D eigenvalue weighted by Crippen LogP contribution is -2.35. The van der Waals surface area contributed by atoms with Crippen molar-refractivity contribution in [3.8, 4) is 5.69 Å². The van der Waals surface area contributed by atoms with Gasteiger partial charge in [-0.3, -0.25) is 14.6 Å². The Morgan fingerprint density at radius 2 is 1.75 bits per heavy atom. The fourth-order valence-electron chi connectivity index (χ4n) is 4.04. The second-order valence-corrected chi connectivity index (χ2v) is 8.02. The number of pyridine rings is 1. The molecule has 1 aliphatic rings. The molecule has 3 aromatic rings. The summed E-state index contributed by atoms with van der Waals surface area (Å²) in [5, 5.41) is 10.2. The van der Waals surface area contributed by atoms with Gasteiger partial charge in [-0.2, -0.15) is 5.10 Å². The first-order chi connectivity index (χ1) is 15.6. The van der Waals surface area contributed by atoms with Crippen LogP contribution in [0.4, 0.5) is 11.5 Å². The van der Waals surface area contributed by atoms with Crippen LogP contribution in [-0.2, 0) is 4.79 Å². The van der Waals surface area contributed by atoms with Crippen molar-refractivity contribution >= 4 is 23.3 Å². The van der Waals surface area contributed by atoms with Crippen LogP contribution in [0.15, 0.2) is 60.9 Å². The molecular formula is C24H28N6O2. The summed E-state index contributed by atoms with van der Waals surface area (Å²) in [6, 6.07) is 15.1. The number of benzene rings is 1. The molecule has 0 radical (unpaired) electrons. The van der Waals surface area contributed by atoms with E-state index in [9.17, 15) is 9.59 Å². The first-order valence-electron chi connectivity index (χ1n) is 11.0. The van der Waals surface area contributed by atoms with E-state index in [4.69, 9.17) is 0 Å². The summed E-state index contributed by atoms with van der Waals surface area (Å²) in [4.78, 5) is 30.7. The average Bonchev–Trinajstić information content (AvgIpc) is 3.24. The maximum absolute atomic E-state index is 12.7. The predicted octanol–water partition coefficient (Wildman–Crippen LogP) is 3.26. The molecule has 0 saturated carbocycles. The standard InChI is InChI=1S/C24H28N6O2/c1-18(31)27-23-17-22(28-30(23)21-5-3-2-4-6-21)24(32)26-14-7-19-10-15-29(16-11-19)20-8-12-25-13-9-20/h2-6,8-9,12-13,17,19H,7,10-11,14-16H2,1H3,(H,26,32)(H,27,31). The summed E-state index contributed by atoms with van der Waals surface area (Å²) < 4.78 is 1.57. The molecule has 1 saturated heterocycles. The minimum Gasteiger partial charge on any atom is -0.371 e. The number of hydrogen-bond donors (Lipinski definition) is 2. The number of aromatic nitrogens is 3. The molecular weight excluding hydrogens is 404 g/mol. The summed E-state index contributed by atoms with van der Waals surface area (Å²) in [7, 11) is 0. The zero-order valence-electron chi connectivity index (χ0n) is 18.2. The number of hydrogen-bond acceptors (Lipinski definition) is 5. The molecule has 0 bridgehead atoms. The lowest BCUT2D eigenvalue weighted by Gasteiger charge is -2.33. The number of rotatable bonds is 7. The molecule has 0 atom stereocenters. The van der Waals surface area contributed by atoms with E-state index in [0.717, 1.165) is 38.0 Å². The highest BCUT2D eigenvalue weighted by molar-refractivity contribution is 5.95. The maximum Gasteiger partial charge on any atom is 0.271 e. The van der Waals surface area contributed by atoms with Crippen LogP contribution < -0.4 is 15.5 Å². The van der Waals surface area contributed by atoms with Crippen LogP contribution in [0.25, 0.3) is 5.69 Å². The summed E-state index contributed by atoms with van der Waals surface area (Å²) in [6.07, 6.45) is 6.80. The Kier molecular flexibility index (Phi) is 6.79. The third-order valence-electron chi connectivity index (χ3n) is 5.73. The molecule has 8 heteroatoms. The van der Waals surface area contributed by atoms with Crippen LogP contribution in [0.5, 0.6) is 0 Å². The van der Waals surface area contributed by atoms with E-state index in [1.54, 1.807) is 10.7 Å². The molecule has 2 N–H and O–H groups in total. The number of piperidine rings is 1. The molecule has 0 unspecified atom stereocenters. The SMILES string of the molecule is CC(=O)Nc1cc(C(=O)NCCC2CCN(c3ccncc3)CC2)nn1-c1ccccc1. The largest absolute Gasteiger partial charge is 0.371 e. The van der Waals surface area contributed by atoms with Crippen LogP contribution in [0, 0.1) is 5.92 Å². The van der Waals surface area contributed by atoms with Gasteiger partial charge in [0.25, 0.3) is 5.91 Å². The van der Waals surface area contributed by atoms with E-state index in [1.165, 1.54) is 12.6 Å². The van der Waals surface area contributed by atoms with Gasteiger partial charge in [-0.1, -0.05) is 18.2 Å². The molecule has 8 nitrogen and oxygen atoms in total. The molecule has 2 aromatic heterocycles. The second kappa shape index (κ2) is 10.1. The Labute approximate surface area is 187 Å². The molecule has 1 fully saturated rings. The highest BCUT2D eigenvalue weighted by Crippen LogP contribution is 2.24. The van der Waals surface area contributed by atoms with Gasteiger partial charge in [0.05, 0.1) is 5.69 Å². The van der Waals surface area contributed by atoms with Crippen LogP contribution >= 0.6 is 0 Å². The van der Waals surface area contributed by atoms with Crippen molar-refractivity contribution in [1.29, 1.82) is 0 Å². The topological polar surface area (TPSA) is 92.2 Å². The Bertz CT molecular complexity index is 1040. The highest BCUT2D eigenvalue weighted by atomic mass is 16.2. The number of nitrogens with zero attached hydrogens (tertiary/aromatic N) is 4. The minimum absolute atomic E-state index is 0.216. The zero-order chi connectivity index (χ0) is 22.3. The lowest BCUT2D eigenvalue weighted by atomic mass is 9.93. The Morgan fingerprint density at radius 1 is 1.03 bits per heavy atom. The first-order valence-corrected chi connectivity index (χ1v) is 11.0. The second-order valence-electron chi connectivity index (χ2n) is 8.02. The first kappa shape index (κ1) is 21.5. The van der Waals surface area contributed by atoms with Gasteiger partial charge in [0.15, 0.2) is 5.69 Å². The van der Waals surface area contributed by atoms with E-state index in [-0.39, 0.29) is 17.5 Å². The van der Waals surface area contributed by atoms with Crippen LogP contribution in [-0.4, -0.2) is 46.2 Å². The molecule has 4 rings (SSSR count). The van der Waals surface area contributed by atoms with E-state index >= 15 is 0 Å². The summed E-state index contributed by atoms with van der Waals surface area (Å²) in [6.45, 7) is 4.07. The average molecular weight is 433 g/mol. The molecule has 1 aromatic carbocycles. The molecule has 2 amide bonds. The molecule has 0 spiro atoms. The van der Waals surface area contributed by atoms with Gasteiger partial charge in [0.2, 0.25) is 5.91 Å². The zero-order valence-corrected chi connectivity index (χ0v) is 18.2. The Morgan fingerprint density at radius 3 is 2.44 bits per heavy atom. The van der Waals surface area contributed by atoms with Gasteiger partial charge in [0.1, 0.15) is 5.82 Å². The molecule has 3 heterocycles. The van der Waals surface area contributed by atoms with E-state index < -0.39 is 0 Å². The van der Waals surface area contributed by atoms with E-state index in [1.807, 2.05) is 54.9 Å².